The van der Waals surface area contributed by atoms with Crippen LogP contribution >= 0.6 is 0 Å². The van der Waals surface area contributed by atoms with Crippen molar-refractivity contribution in [3.05, 3.63) is 29.8 Å². The maximum atomic E-state index is 6.13. The van der Waals surface area contributed by atoms with E-state index in [9.17, 15) is 0 Å². The van der Waals surface area contributed by atoms with Gasteiger partial charge in [-0.15, -0.1) is 0 Å². The van der Waals surface area contributed by atoms with Crippen molar-refractivity contribution in [2.24, 2.45) is 5.41 Å². The Kier molecular flexibility index (Phi) is 3.96. The van der Waals surface area contributed by atoms with Gasteiger partial charge in [-0.05, 0) is 30.0 Å². The molecule has 0 amide bonds. The van der Waals surface area contributed by atoms with Crippen LogP contribution in [-0.2, 0) is 6.42 Å². The van der Waals surface area contributed by atoms with Crippen molar-refractivity contribution in [2.75, 3.05) is 6.54 Å². The van der Waals surface area contributed by atoms with E-state index in [0.717, 1.165) is 25.1 Å². The van der Waals surface area contributed by atoms with Crippen LogP contribution in [0.15, 0.2) is 24.3 Å². The number of nitrogens with one attached hydrogen (secondary N) is 1. The molecule has 18 heavy (non-hydrogen) atoms. The minimum atomic E-state index is 0.210. The van der Waals surface area contributed by atoms with Gasteiger partial charge in [-0.2, -0.15) is 0 Å². The molecule has 0 aromatic heterocycles. The van der Waals surface area contributed by atoms with Crippen LogP contribution in [-0.4, -0.2) is 18.7 Å². The molecule has 0 spiro atoms. The molecule has 0 radical (unpaired) electrons. The van der Waals surface area contributed by atoms with Crippen molar-refractivity contribution in [3.8, 4) is 5.75 Å². The van der Waals surface area contributed by atoms with Gasteiger partial charge in [0, 0.05) is 12.5 Å². The molecule has 1 aliphatic heterocycles. The molecule has 1 heterocycles. The monoisotopic (exact) mass is 247 g/mol. The Morgan fingerprint density at radius 3 is 2.67 bits per heavy atom. The summed E-state index contributed by atoms with van der Waals surface area (Å²) in [5.41, 5.74) is 1.55. The van der Waals surface area contributed by atoms with Gasteiger partial charge in [0.05, 0.1) is 0 Å². The number of fused-ring (bicyclic) bond motifs is 1. The van der Waals surface area contributed by atoms with Gasteiger partial charge in [0.15, 0.2) is 0 Å². The average molecular weight is 247 g/mol. The second-order valence-corrected chi connectivity index (χ2v) is 6.27. The molecule has 100 valence electrons. The molecule has 0 fully saturated rings. The Bertz CT molecular complexity index is 369. The fraction of sp³-hybridized carbons (Fsp3) is 0.625. The van der Waals surface area contributed by atoms with E-state index in [1.54, 1.807) is 0 Å². The zero-order valence-electron chi connectivity index (χ0n) is 12.0. The van der Waals surface area contributed by atoms with Gasteiger partial charge in [-0.25, -0.2) is 0 Å². The molecule has 2 unspecified atom stereocenters. The molecule has 2 heteroatoms. The van der Waals surface area contributed by atoms with Crippen LogP contribution in [0.25, 0.3) is 0 Å². The van der Waals surface area contributed by atoms with E-state index in [0.29, 0.717) is 6.04 Å². The lowest BCUT2D eigenvalue weighted by molar-refractivity contribution is 0.108. The van der Waals surface area contributed by atoms with Crippen molar-refractivity contribution in [2.45, 2.75) is 52.7 Å². The van der Waals surface area contributed by atoms with Crippen molar-refractivity contribution >= 4 is 0 Å². The molecule has 0 bridgehead atoms. The highest BCUT2D eigenvalue weighted by Crippen LogP contribution is 2.34. The Labute approximate surface area is 111 Å². The maximum Gasteiger partial charge on any atom is 0.123 e. The number of hydrogen-bond donors (Lipinski definition) is 1. The third-order valence-corrected chi connectivity index (χ3v) is 3.59. The quantitative estimate of drug-likeness (QED) is 0.880. The lowest BCUT2D eigenvalue weighted by atomic mass is 9.82. The van der Waals surface area contributed by atoms with E-state index in [1.807, 2.05) is 6.07 Å². The van der Waals surface area contributed by atoms with Gasteiger partial charge >= 0.3 is 0 Å². The molecule has 0 saturated heterocycles. The first-order valence-corrected chi connectivity index (χ1v) is 7.00. The van der Waals surface area contributed by atoms with Crippen LogP contribution < -0.4 is 10.1 Å². The minimum Gasteiger partial charge on any atom is -0.488 e. The van der Waals surface area contributed by atoms with Crippen molar-refractivity contribution in [1.29, 1.82) is 0 Å². The standard InChI is InChI=1S/C16H25NO/c1-5-10-17-15(16(2,3)4)14-11-12-8-6-7-9-13(12)18-14/h6-9,14-15,17H,5,10-11H2,1-4H3. The molecule has 2 rings (SSSR count). The summed E-state index contributed by atoms with van der Waals surface area (Å²) in [5, 5.41) is 3.66. The van der Waals surface area contributed by atoms with Crippen molar-refractivity contribution < 1.29 is 4.74 Å². The van der Waals surface area contributed by atoms with Crippen LogP contribution in [0.4, 0.5) is 0 Å². The van der Waals surface area contributed by atoms with Gasteiger partial charge in [0.25, 0.3) is 0 Å². The third kappa shape index (κ3) is 2.86. The molecular formula is C16H25NO. The molecule has 1 aliphatic rings. The highest BCUT2D eigenvalue weighted by atomic mass is 16.5. The summed E-state index contributed by atoms with van der Waals surface area (Å²) in [6.07, 6.45) is 2.44. The lowest BCUT2D eigenvalue weighted by Gasteiger charge is -2.35. The first-order chi connectivity index (χ1) is 8.52. The Balaban J connectivity index is 2.10. The van der Waals surface area contributed by atoms with Crippen LogP contribution in [0, 0.1) is 5.41 Å². The molecular weight excluding hydrogens is 222 g/mol. The van der Waals surface area contributed by atoms with Gasteiger partial charge < -0.3 is 10.1 Å². The number of para-hydroxylation sites is 1. The summed E-state index contributed by atoms with van der Waals surface area (Å²) < 4.78 is 6.13. The summed E-state index contributed by atoms with van der Waals surface area (Å²) >= 11 is 0. The fourth-order valence-electron chi connectivity index (χ4n) is 2.69. The van der Waals surface area contributed by atoms with Crippen LogP contribution in [0.2, 0.25) is 0 Å². The molecule has 1 aromatic carbocycles. The SMILES string of the molecule is CCCNC(C1Cc2ccccc2O1)C(C)(C)C. The van der Waals surface area contributed by atoms with Crippen molar-refractivity contribution in [3.63, 3.8) is 0 Å². The van der Waals surface area contributed by atoms with E-state index in [2.05, 4.69) is 51.2 Å². The molecule has 2 atom stereocenters. The van der Waals surface area contributed by atoms with Gasteiger partial charge in [0.1, 0.15) is 11.9 Å². The third-order valence-electron chi connectivity index (χ3n) is 3.59. The molecule has 0 saturated carbocycles. The van der Waals surface area contributed by atoms with Crippen molar-refractivity contribution in [1.82, 2.24) is 5.32 Å². The molecule has 1 aromatic rings. The number of hydrogen-bond acceptors (Lipinski definition) is 2. The van der Waals surface area contributed by atoms with Crippen LogP contribution in [0.3, 0.4) is 0 Å². The predicted octanol–water partition coefficient (Wildman–Crippen LogP) is 3.40. The largest absolute Gasteiger partial charge is 0.488 e. The van der Waals surface area contributed by atoms with E-state index in [-0.39, 0.29) is 11.5 Å². The van der Waals surface area contributed by atoms with E-state index in [1.165, 1.54) is 5.56 Å². The summed E-state index contributed by atoms with van der Waals surface area (Å²) in [5.74, 6) is 1.06. The van der Waals surface area contributed by atoms with E-state index < -0.39 is 0 Å². The van der Waals surface area contributed by atoms with Gasteiger partial charge in [-0.3, -0.25) is 0 Å². The van der Waals surface area contributed by atoms with E-state index >= 15 is 0 Å². The van der Waals surface area contributed by atoms with Gasteiger partial charge in [-0.1, -0.05) is 45.9 Å². The zero-order valence-corrected chi connectivity index (χ0v) is 12.0. The topological polar surface area (TPSA) is 21.3 Å². The summed E-state index contributed by atoms with van der Waals surface area (Å²) in [4.78, 5) is 0. The summed E-state index contributed by atoms with van der Waals surface area (Å²) in [6.45, 7) is 10.1. The molecule has 1 N–H and O–H groups in total. The van der Waals surface area contributed by atoms with Crippen LogP contribution in [0.5, 0.6) is 5.75 Å². The zero-order chi connectivity index (χ0) is 13.2. The maximum absolute atomic E-state index is 6.13. The first kappa shape index (κ1) is 13.4. The number of ether oxygens (including phenoxy) is 1. The number of rotatable bonds is 4. The second kappa shape index (κ2) is 5.31. The normalized spacial score (nSPS) is 20.3. The highest BCUT2D eigenvalue weighted by molar-refractivity contribution is 5.37. The summed E-state index contributed by atoms with van der Waals surface area (Å²) in [6, 6.07) is 8.79. The second-order valence-electron chi connectivity index (χ2n) is 6.27. The van der Waals surface area contributed by atoms with Gasteiger partial charge in [0.2, 0.25) is 0 Å². The van der Waals surface area contributed by atoms with Crippen LogP contribution in [0.1, 0.15) is 39.7 Å². The predicted molar refractivity (Wildman–Crippen MR) is 76.1 cm³/mol. The summed E-state index contributed by atoms with van der Waals surface area (Å²) in [7, 11) is 0. The number of benzene rings is 1. The Morgan fingerprint density at radius 2 is 2.06 bits per heavy atom. The average Bonchev–Trinajstić information content (AvgIpc) is 2.70. The molecule has 2 nitrogen and oxygen atoms in total. The highest BCUT2D eigenvalue weighted by Gasteiger charge is 2.36. The van der Waals surface area contributed by atoms with E-state index in [4.69, 9.17) is 4.74 Å². The first-order valence-electron chi connectivity index (χ1n) is 7.00. The fourth-order valence-corrected chi connectivity index (χ4v) is 2.69. The Hall–Kier alpha value is -1.02. The minimum absolute atomic E-state index is 0.210. The Morgan fingerprint density at radius 1 is 1.33 bits per heavy atom. The smallest absolute Gasteiger partial charge is 0.123 e. The lowest BCUT2D eigenvalue weighted by Crippen LogP contribution is -2.51. The molecule has 0 aliphatic carbocycles.